The molecule has 1 aliphatic rings. The number of nitrogens with one attached hydrogen (secondary N) is 2. The first-order valence-electron chi connectivity index (χ1n) is 5.90. The van der Waals surface area contributed by atoms with Gasteiger partial charge in [0.2, 0.25) is 5.91 Å². The zero-order valence-electron chi connectivity index (χ0n) is 10.0. The van der Waals surface area contributed by atoms with Crippen molar-refractivity contribution in [3.8, 4) is 0 Å². The second-order valence-electron chi connectivity index (χ2n) is 4.32. The van der Waals surface area contributed by atoms with Crippen LogP contribution in [0.4, 0.5) is 0 Å². The fraction of sp³-hybridized carbons (Fsp3) is 0.909. The Morgan fingerprint density at radius 2 is 2.40 bits per heavy atom. The molecule has 1 saturated heterocycles. The standard InChI is InChI=1S/C11H23N3O/c1-4-5-13-11(15)10(3)14-7-6-12-9(2)8-14/h9-10,12H,4-8H2,1-3H3,(H,13,15)/t9-,10?/m0/s1. The third-order valence-electron chi connectivity index (χ3n) is 2.88. The lowest BCUT2D eigenvalue weighted by molar-refractivity contribution is -0.126. The summed E-state index contributed by atoms with van der Waals surface area (Å²) in [5, 5.41) is 6.32. The summed E-state index contributed by atoms with van der Waals surface area (Å²) >= 11 is 0. The molecule has 2 atom stereocenters. The summed E-state index contributed by atoms with van der Waals surface area (Å²) < 4.78 is 0. The Labute approximate surface area is 92.4 Å². The number of hydrogen-bond donors (Lipinski definition) is 2. The molecule has 4 heteroatoms. The van der Waals surface area contributed by atoms with E-state index in [4.69, 9.17) is 0 Å². The fourth-order valence-electron chi connectivity index (χ4n) is 1.88. The van der Waals surface area contributed by atoms with Crippen molar-refractivity contribution in [2.45, 2.75) is 39.3 Å². The summed E-state index contributed by atoms with van der Waals surface area (Å²) in [6.07, 6.45) is 0.996. The molecule has 15 heavy (non-hydrogen) atoms. The Morgan fingerprint density at radius 1 is 1.67 bits per heavy atom. The van der Waals surface area contributed by atoms with Crippen molar-refractivity contribution < 1.29 is 4.79 Å². The Hall–Kier alpha value is -0.610. The fourth-order valence-corrected chi connectivity index (χ4v) is 1.88. The lowest BCUT2D eigenvalue weighted by atomic mass is 10.1. The molecule has 1 heterocycles. The van der Waals surface area contributed by atoms with Crippen molar-refractivity contribution in [2.24, 2.45) is 0 Å². The van der Waals surface area contributed by atoms with Crippen molar-refractivity contribution in [3.63, 3.8) is 0 Å². The van der Waals surface area contributed by atoms with E-state index >= 15 is 0 Å². The van der Waals surface area contributed by atoms with Crippen molar-refractivity contribution in [1.82, 2.24) is 15.5 Å². The first kappa shape index (κ1) is 12.5. The molecule has 1 rings (SSSR count). The van der Waals surface area contributed by atoms with Crippen LogP contribution in [0, 0.1) is 0 Å². The lowest BCUT2D eigenvalue weighted by Crippen LogP contribution is -2.55. The van der Waals surface area contributed by atoms with Crippen LogP contribution in [0.2, 0.25) is 0 Å². The van der Waals surface area contributed by atoms with Gasteiger partial charge in [-0.25, -0.2) is 0 Å². The van der Waals surface area contributed by atoms with Crippen LogP contribution in [-0.4, -0.2) is 49.1 Å². The monoisotopic (exact) mass is 213 g/mol. The minimum Gasteiger partial charge on any atom is -0.355 e. The van der Waals surface area contributed by atoms with E-state index < -0.39 is 0 Å². The predicted molar refractivity (Wildman–Crippen MR) is 61.8 cm³/mol. The van der Waals surface area contributed by atoms with Gasteiger partial charge in [-0.05, 0) is 20.3 Å². The molecule has 0 aromatic rings. The zero-order valence-corrected chi connectivity index (χ0v) is 10.0. The van der Waals surface area contributed by atoms with Crippen molar-refractivity contribution in [3.05, 3.63) is 0 Å². The van der Waals surface area contributed by atoms with Crippen LogP contribution >= 0.6 is 0 Å². The number of nitrogens with zero attached hydrogens (tertiary/aromatic N) is 1. The average Bonchev–Trinajstić information content (AvgIpc) is 2.24. The number of carbonyl (C=O) groups is 1. The van der Waals surface area contributed by atoms with Gasteiger partial charge in [0.1, 0.15) is 0 Å². The molecule has 1 amide bonds. The molecule has 4 nitrogen and oxygen atoms in total. The second-order valence-corrected chi connectivity index (χ2v) is 4.32. The van der Waals surface area contributed by atoms with Crippen LogP contribution in [-0.2, 0) is 4.79 Å². The summed E-state index contributed by atoms with van der Waals surface area (Å²) in [5.41, 5.74) is 0. The number of hydrogen-bond acceptors (Lipinski definition) is 3. The molecule has 1 aliphatic heterocycles. The number of piperazine rings is 1. The van der Waals surface area contributed by atoms with E-state index in [1.807, 2.05) is 6.92 Å². The first-order chi connectivity index (χ1) is 7.15. The first-order valence-corrected chi connectivity index (χ1v) is 5.90. The smallest absolute Gasteiger partial charge is 0.237 e. The molecule has 2 N–H and O–H groups in total. The van der Waals surface area contributed by atoms with Crippen LogP contribution in [0.3, 0.4) is 0 Å². The van der Waals surface area contributed by atoms with E-state index in [1.54, 1.807) is 0 Å². The Balaban J connectivity index is 2.37. The Morgan fingerprint density at radius 3 is 3.00 bits per heavy atom. The van der Waals surface area contributed by atoms with E-state index in [0.717, 1.165) is 32.6 Å². The van der Waals surface area contributed by atoms with Gasteiger partial charge in [-0.3, -0.25) is 9.69 Å². The van der Waals surface area contributed by atoms with Crippen LogP contribution in [0.25, 0.3) is 0 Å². The molecule has 0 spiro atoms. The van der Waals surface area contributed by atoms with Gasteiger partial charge >= 0.3 is 0 Å². The van der Waals surface area contributed by atoms with Gasteiger partial charge in [-0.1, -0.05) is 6.92 Å². The quantitative estimate of drug-likeness (QED) is 0.701. The number of rotatable bonds is 4. The number of carbonyl (C=O) groups excluding carboxylic acids is 1. The van der Waals surface area contributed by atoms with Gasteiger partial charge in [0.15, 0.2) is 0 Å². The second kappa shape index (κ2) is 6.08. The third kappa shape index (κ3) is 3.80. The molecule has 0 aromatic carbocycles. The highest BCUT2D eigenvalue weighted by Gasteiger charge is 2.24. The van der Waals surface area contributed by atoms with Gasteiger partial charge in [0.05, 0.1) is 6.04 Å². The van der Waals surface area contributed by atoms with Gasteiger partial charge in [0, 0.05) is 32.2 Å². The summed E-state index contributed by atoms with van der Waals surface area (Å²) in [4.78, 5) is 14.0. The topological polar surface area (TPSA) is 44.4 Å². The lowest BCUT2D eigenvalue weighted by Gasteiger charge is -2.35. The predicted octanol–water partition coefficient (Wildman–Crippen LogP) is 0.195. The van der Waals surface area contributed by atoms with Gasteiger partial charge < -0.3 is 10.6 Å². The molecule has 1 fully saturated rings. The number of amides is 1. The summed E-state index contributed by atoms with van der Waals surface area (Å²) in [5.74, 6) is 0.158. The molecule has 0 aliphatic carbocycles. The van der Waals surface area contributed by atoms with Crippen molar-refractivity contribution >= 4 is 5.91 Å². The van der Waals surface area contributed by atoms with Gasteiger partial charge in [-0.2, -0.15) is 0 Å². The Bertz CT molecular complexity index is 208. The highest BCUT2D eigenvalue weighted by molar-refractivity contribution is 5.81. The zero-order chi connectivity index (χ0) is 11.3. The molecule has 1 unspecified atom stereocenters. The van der Waals surface area contributed by atoms with E-state index in [9.17, 15) is 4.79 Å². The van der Waals surface area contributed by atoms with Crippen LogP contribution < -0.4 is 10.6 Å². The molecule has 0 aromatic heterocycles. The van der Waals surface area contributed by atoms with E-state index in [0.29, 0.717) is 6.04 Å². The summed E-state index contributed by atoms with van der Waals surface area (Å²) in [7, 11) is 0. The molecule has 0 radical (unpaired) electrons. The average molecular weight is 213 g/mol. The SMILES string of the molecule is CCCNC(=O)C(C)N1CCN[C@@H](C)C1. The molecular weight excluding hydrogens is 190 g/mol. The normalized spacial score (nSPS) is 24.9. The van der Waals surface area contributed by atoms with Gasteiger partial charge in [0.25, 0.3) is 0 Å². The molecular formula is C11H23N3O. The molecule has 0 bridgehead atoms. The molecule has 0 saturated carbocycles. The maximum atomic E-state index is 11.7. The molecule has 88 valence electrons. The largest absolute Gasteiger partial charge is 0.355 e. The third-order valence-corrected chi connectivity index (χ3v) is 2.88. The summed E-state index contributed by atoms with van der Waals surface area (Å²) in [6, 6.07) is 0.487. The highest BCUT2D eigenvalue weighted by Crippen LogP contribution is 2.04. The van der Waals surface area contributed by atoms with E-state index in [1.165, 1.54) is 0 Å². The minimum absolute atomic E-state index is 0.00102. The highest BCUT2D eigenvalue weighted by atomic mass is 16.2. The Kier molecular flexibility index (Phi) is 5.05. The summed E-state index contributed by atoms with van der Waals surface area (Å²) in [6.45, 7) is 9.90. The van der Waals surface area contributed by atoms with Crippen molar-refractivity contribution in [1.29, 1.82) is 0 Å². The maximum Gasteiger partial charge on any atom is 0.237 e. The van der Waals surface area contributed by atoms with E-state index in [-0.39, 0.29) is 11.9 Å². The van der Waals surface area contributed by atoms with Crippen molar-refractivity contribution in [2.75, 3.05) is 26.2 Å². The van der Waals surface area contributed by atoms with Gasteiger partial charge in [-0.15, -0.1) is 0 Å². The van der Waals surface area contributed by atoms with E-state index in [2.05, 4.69) is 29.4 Å². The van der Waals surface area contributed by atoms with Crippen LogP contribution in [0.1, 0.15) is 27.2 Å². The minimum atomic E-state index is 0.00102. The van der Waals surface area contributed by atoms with Crippen LogP contribution in [0.5, 0.6) is 0 Å². The van der Waals surface area contributed by atoms with Crippen LogP contribution in [0.15, 0.2) is 0 Å². The maximum absolute atomic E-state index is 11.7.